The standard InChI is InChI=1S/C16H14O4/c1-20-12-8-6-11(16(19)10-12)7-9-15(18)13-4-2-3-5-14(13)17/h2-10,17,19H,1H3. The molecule has 0 aliphatic rings. The highest BCUT2D eigenvalue weighted by molar-refractivity contribution is 6.08. The summed E-state index contributed by atoms with van der Waals surface area (Å²) in [4.78, 5) is 11.9. The Bertz CT molecular complexity index is 659. The fourth-order valence-electron chi connectivity index (χ4n) is 1.73. The zero-order valence-corrected chi connectivity index (χ0v) is 10.9. The fourth-order valence-corrected chi connectivity index (χ4v) is 1.73. The van der Waals surface area contributed by atoms with Gasteiger partial charge in [-0.05, 0) is 36.4 Å². The Morgan fingerprint density at radius 1 is 1.10 bits per heavy atom. The molecule has 0 bridgehead atoms. The van der Waals surface area contributed by atoms with Crippen molar-refractivity contribution >= 4 is 11.9 Å². The van der Waals surface area contributed by atoms with E-state index in [0.717, 1.165) is 0 Å². The predicted molar refractivity (Wildman–Crippen MR) is 76.1 cm³/mol. The van der Waals surface area contributed by atoms with Crippen molar-refractivity contribution in [3.63, 3.8) is 0 Å². The molecule has 0 atom stereocenters. The van der Waals surface area contributed by atoms with E-state index in [2.05, 4.69) is 0 Å². The Morgan fingerprint density at radius 2 is 1.85 bits per heavy atom. The Hall–Kier alpha value is -2.75. The zero-order valence-electron chi connectivity index (χ0n) is 10.9. The minimum atomic E-state index is -0.335. The summed E-state index contributed by atoms with van der Waals surface area (Å²) in [7, 11) is 1.51. The number of allylic oxidation sites excluding steroid dienone is 1. The molecule has 0 amide bonds. The van der Waals surface area contributed by atoms with Crippen molar-refractivity contribution in [3.05, 3.63) is 59.7 Å². The van der Waals surface area contributed by atoms with E-state index in [4.69, 9.17) is 4.74 Å². The van der Waals surface area contributed by atoms with Crippen LogP contribution in [0.2, 0.25) is 0 Å². The van der Waals surface area contributed by atoms with Gasteiger partial charge in [0.1, 0.15) is 17.2 Å². The lowest BCUT2D eigenvalue weighted by Gasteiger charge is -2.03. The lowest BCUT2D eigenvalue weighted by Crippen LogP contribution is -1.94. The number of carbonyl (C=O) groups is 1. The molecular formula is C16H14O4. The summed E-state index contributed by atoms with van der Waals surface area (Å²) < 4.78 is 4.98. The molecule has 0 spiro atoms. The molecule has 4 nitrogen and oxygen atoms in total. The summed E-state index contributed by atoms with van der Waals surface area (Å²) in [6, 6.07) is 11.1. The van der Waals surface area contributed by atoms with Gasteiger partial charge in [0.25, 0.3) is 0 Å². The van der Waals surface area contributed by atoms with Crippen LogP contribution in [0.25, 0.3) is 6.08 Å². The second-order valence-corrected chi connectivity index (χ2v) is 4.14. The van der Waals surface area contributed by atoms with Crippen LogP contribution in [-0.4, -0.2) is 23.1 Å². The molecule has 4 heteroatoms. The van der Waals surface area contributed by atoms with Crippen molar-refractivity contribution in [1.29, 1.82) is 0 Å². The van der Waals surface area contributed by atoms with E-state index < -0.39 is 0 Å². The molecule has 0 saturated carbocycles. The van der Waals surface area contributed by atoms with Crippen molar-refractivity contribution in [2.45, 2.75) is 0 Å². The minimum absolute atomic E-state index is 0.0192. The highest BCUT2D eigenvalue weighted by atomic mass is 16.5. The molecule has 2 N–H and O–H groups in total. The molecule has 0 radical (unpaired) electrons. The second-order valence-electron chi connectivity index (χ2n) is 4.14. The fraction of sp³-hybridized carbons (Fsp3) is 0.0625. The van der Waals surface area contributed by atoms with Crippen molar-refractivity contribution < 1.29 is 19.7 Å². The van der Waals surface area contributed by atoms with Crippen LogP contribution < -0.4 is 4.74 Å². The lowest BCUT2D eigenvalue weighted by molar-refractivity contribution is 0.104. The van der Waals surface area contributed by atoms with Crippen LogP contribution in [0, 0.1) is 0 Å². The smallest absolute Gasteiger partial charge is 0.189 e. The van der Waals surface area contributed by atoms with Gasteiger partial charge in [-0.15, -0.1) is 0 Å². The van der Waals surface area contributed by atoms with Gasteiger partial charge in [0.2, 0.25) is 0 Å². The van der Waals surface area contributed by atoms with Crippen LogP contribution in [0.1, 0.15) is 15.9 Å². The summed E-state index contributed by atoms with van der Waals surface area (Å²) in [6.07, 6.45) is 2.79. The van der Waals surface area contributed by atoms with Crippen molar-refractivity contribution in [2.75, 3.05) is 7.11 Å². The summed E-state index contributed by atoms with van der Waals surface area (Å²) >= 11 is 0. The normalized spacial score (nSPS) is 10.7. The summed E-state index contributed by atoms with van der Waals surface area (Å²) in [6.45, 7) is 0. The van der Waals surface area contributed by atoms with Gasteiger partial charge in [0.05, 0.1) is 12.7 Å². The third kappa shape index (κ3) is 2.98. The second kappa shape index (κ2) is 5.93. The largest absolute Gasteiger partial charge is 0.507 e. The van der Waals surface area contributed by atoms with Gasteiger partial charge >= 0.3 is 0 Å². The first-order valence-corrected chi connectivity index (χ1v) is 5.99. The van der Waals surface area contributed by atoms with E-state index in [1.54, 1.807) is 24.3 Å². The molecule has 20 heavy (non-hydrogen) atoms. The van der Waals surface area contributed by atoms with E-state index in [-0.39, 0.29) is 22.8 Å². The van der Waals surface area contributed by atoms with Gasteiger partial charge in [0, 0.05) is 11.6 Å². The molecule has 0 aromatic heterocycles. The maximum atomic E-state index is 11.9. The maximum absolute atomic E-state index is 11.9. The lowest BCUT2D eigenvalue weighted by atomic mass is 10.1. The first-order chi connectivity index (χ1) is 9.61. The highest BCUT2D eigenvalue weighted by Gasteiger charge is 2.07. The third-order valence-corrected chi connectivity index (χ3v) is 2.82. The number of hydrogen-bond donors (Lipinski definition) is 2. The monoisotopic (exact) mass is 270 g/mol. The van der Waals surface area contributed by atoms with E-state index in [9.17, 15) is 15.0 Å². The molecule has 0 unspecified atom stereocenters. The number of methoxy groups -OCH3 is 1. The molecule has 0 aliphatic carbocycles. The van der Waals surface area contributed by atoms with Crippen molar-refractivity contribution in [1.82, 2.24) is 0 Å². The minimum Gasteiger partial charge on any atom is -0.507 e. The Morgan fingerprint density at radius 3 is 2.50 bits per heavy atom. The average molecular weight is 270 g/mol. The predicted octanol–water partition coefficient (Wildman–Crippen LogP) is 3.00. The highest BCUT2D eigenvalue weighted by Crippen LogP contribution is 2.25. The summed E-state index contributed by atoms with van der Waals surface area (Å²) in [5, 5.41) is 19.3. The van der Waals surface area contributed by atoms with E-state index in [1.807, 2.05) is 0 Å². The number of phenolic OH excluding ortho intramolecular Hbond substituents is 2. The number of ketones is 1. The topological polar surface area (TPSA) is 66.8 Å². The first-order valence-electron chi connectivity index (χ1n) is 5.99. The molecular weight excluding hydrogens is 256 g/mol. The van der Waals surface area contributed by atoms with E-state index >= 15 is 0 Å². The quantitative estimate of drug-likeness (QED) is 0.662. The van der Waals surface area contributed by atoms with Crippen LogP contribution in [-0.2, 0) is 0 Å². The maximum Gasteiger partial charge on any atom is 0.189 e. The van der Waals surface area contributed by atoms with Crippen LogP contribution >= 0.6 is 0 Å². The Balaban J connectivity index is 2.22. The third-order valence-electron chi connectivity index (χ3n) is 2.82. The summed E-state index contributed by atoms with van der Waals surface area (Å²) in [5.74, 6) is 0.150. The molecule has 2 rings (SSSR count). The average Bonchev–Trinajstić information content (AvgIpc) is 2.46. The van der Waals surface area contributed by atoms with Gasteiger partial charge in [-0.3, -0.25) is 4.79 Å². The number of rotatable bonds is 4. The van der Waals surface area contributed by atoms with E-state index in [1.165, 1.54) is 37.5 Å². The van der Waals surface area contributed by atoms with Crippen LogP contribution in [0.4, 0.5) is 0 Å². The number of hydrogen-bond acceptors (Lipinski definition) is 4. The van der Waals surface area contributed by atoms with Gasteiger partial charge in [-0.1, -0.05) is 12.1 Å². The van der Waals surface area contributed by atoms with Crippen LogP contribution in [0.3, 0.4) is 0 Å². The SMILES string of the molecule is COc1ccc(C=CC(=O)c2ccccc2O)c(O)c1. The van der Waals surface area contributed by atoms with Gasteiger partial charge < -0.3 is 14.9 Å². The Kier molecular flexibility index (Phi) is 4.05. The van der Waals surface area contributed by atoms with Crippen molar-refractivity contribution in [3.8, 4) is 17.2 Å². The summed E-state index contributed by atoms with van der Waals surface area (Å²) in [5.41, 5.74) is 0.714. The molecule has 0 fully saturated rings. The van der Waals surface area contributed by atoms with Crippen molar-refractivity contribution in [2.24, 2.45) is 0 Å². The van der Waals surface area contributed by atoms with E-state index in [0.29, 0.717) is 11.3 Å². The zero-order chi connectivity index (χ0) is 14.5. The molecule has 102 valence electrons. The Labute approximate surface area is 116 Å². The molecule has 0 heterocycles. The molecule has 0 saturated heterocycles. The van der Waals surface area contributed by atoms with Gasteiger partial charge in [-0.2, -0.15) is 0 Å². The number of aromatic hydroxyl groups is 2. The van der Waals surface area contributed by atoms with Gasteiger partial charge in [0.15, 0.2) is 5.78 Å². The number of carbonyl (C=O) groups excluding carboxylic acids is 1. The molecule has 0 aliphatic heterocycles. The first kappa shape index (κ1) is 13.7. The number of phenols is 2. The molecule has 2 aromatic rings. The van der Waals surface area contributed by atoms with Gasteiger partial charge in [-0.25, -0.2) is 0 Å². The molecule has 2 aromatic carbocycles. The van der Waals surface area contributed by atoms with Crippen LogP contribution in [0.15, 0.2) is 48.5 Å². The number of ether oxygens (including phenoxy) is 1. The van der Waals surface area contributed by atoms with Crippen LogP contribution in [0.5, 0.6) is 17.2 Å². The number of benzene rings is 2. The number of para-hydroxylation sites is 1.